The summed E-state index contributed by atoms with van der Waals surface area (Å²) in [6.07, 6.45) is 1.52. The highest BCUT2D eigenvalue weighted by Crippen LogP contribution is 2.25. The molecule has 6 nitrogen and oxygen atoms in total. The molecule has 0 fully saturated rings. The number of amides is 2. The summed E-state index contributed by atoms with van der Waals surface area (Å²) in [5.74, 6) is 0.919. The van der Waals surface area contributed by atoms with Crippen molar-refractivity contribution in [3.05, 3.63) is 52.0 Å². The molecular formula is C22H26Cl2N2O4. The fourth-order valence-corrected chi connectivity index (χ4v) is 3.39. The molecule has 0 atom stereocenters. The van der Waals surface area contributed by atoms with Gasteiger partial charge in [0.1, 0.15) is 11.5 Å². The van der Waals surface area contributed by atoms with Crippen molar-refractivity contribution in [1.82, 2.24) is 4.90 Å². The van der Waals surface area contributed by atoms with Crippen LogP contribution in [0.1, 0.15) is 25.3 Å². The molecular weight excluding hydrogens is 427 g/mol. The van der Waals surface area contributed by atoms with Gasteiger partial charge in [-0.3, -0.25) is 9.59 Å². The first-order chi connectivity index (χ1) is 14.4. The Balaban J connectivity index is 1.99. The Morgan fingerprint density at radius 3 is 2.27 bits per heavy atom. The second-order valence-corrected chi connectivity index (χ2v) is 7.55. The van der Waals surface area contributed by atoms with Crippen LogP contribution in [-0.4, -0.2) is 44.0 Å². The van der Waals surface area contributed by atoms with Crippen molar-refractivity contribution in [2.75, 3.05) is 32.6 Å². The number of ether oxygens (including phenoxy) is 2. The van der Waals surface area contributed by atoms with Crippen LogP contribution in [-0.2, 0) is 16.0 Å². The standard InChI is InChI=1S/C22H26Cl2N2O4/c1-4-9-26(14-21(27)25-20-7-6-16(23)12-19(20)24)22(28)8-5-15-10-17(29-2)13-18(11-15)30-3/h6-7,10-13H,4-5,8-9,14H2,1-3H3,(H,25,27). The molecule has 0 unspecified atom stereocenters. The molecule has 0 aliphatic rings. The first-order valence-electron chi connectivity index (χ1n) is 9.60. The van der Waals surface area contributed by atoms with Gasteiger partial charge in [-0.1, -0.05) is 30.1 Å². The fraction of sp³-hybridized carbons (Fsp3) is 0.364. The lowest BCUT2D eigenvalue weighted by Gasteiger charge is -2.22. The van der Waals surface area contributed by atoms with Crippen LogP contribution >= 0.6 is 23.2 Å². The number of rotatable bonds is 10. The molecule has 2 aromatic rings. The van der Waals surface area contributed by atoms with E-state index < -0.39 is 0 Å². The number of halogens is 2. The van der Waals surface area contributed by atoms with Gasteiger partial charge in [-0.25, -0.2) is 0 Å². The minimum absolute atomic E-state index is 0.0486. The third kappa shape index (κ3) is 7.11. The average Bonchev–Trinajstić information content (AvgIpc) is 2.73. The Labute approximate surface area is 187 Å². The number of anilines is 1. The van der Waals surface area contributed by atoms with E-state index in [4.69, 9.17) is 32.7 Å². The molecule has 8 heteroatoms. The molecule has 30 heavy (non-hydrogen) atoms. The molecule has 2 rings (SSSR count). The normalized spacial score (nSPS) is 10.4. The summed E-state index contributed by atoms with van der Waals surface area (Å²) in [6.45, 7) is 2.40. The van der Waals surface area contributed by atoms with Crippen LogP contribution in [0.15, 0.2) is 36.4 Å². The van der Waals surface area contributed by atoms with E-state index in [9.17, 15) is 9.59 Å². The van der Waals surface area contributed by atoms with E-state index in [1.54, 1.807) is 43.4 Å². The molecule has 2 amide bonds. The zero-order valence-corrected chi connectivity index (χ0v) is 18.8. The summed E-state index contributed by atoms with van der Waals surface area (Å²) in [5, 5.41) is 3.55. The molecule has 0 aliphatic heterocycles. The maximum atomic E-state index is 12.8. The Hall–Kier alpha value is -2.44. The monoisotopic (exact) mass is 452 g/mol. The third-order valence-corrected chi connectivity index (χ3v) is 4.97. The molecule has 162 valence electrons. The Kier molecular flexibility index (Phi) is 9.27. The number of hydrogen-bond donors (Lipinski definition) is 1. The van der Waals surface area contributed by atoms with E-state index in [-0.39, 0.29) is 24.8 Å². The van der Waals surface area contributed by atoms with Crippen molar-refractivity contribution in [2.24, 2.45) is 0 Å². The van der Waals surface area contributed by atoms with Crippen LogP contribution in [0, 0.1) is 0 Å². The fourth-order valence-electron chi connectivity index (χ4n) is 2.94. The van der Waals surface area contributed by atoms with E-state index in [0.29, 0.717) is 40.2 Å². The highest BCUT2D eigenvalue weighted by molar-refractivity contribution is 6.36. The van der Waals surface area contributed by atoms with E-state index in [1.165, 1.54) is 0 Å². The molecule has 0 saturated carbocycles. The summed E-state index contributed by atoms with van der Waals surface area (Å²) >= 11 is 12.0. The van der Waals surface area contributed by atoms with Gasteiger partial charge in [0.25, 0.3) is 0 Å². The quantitative estimate of drug-likeness (QED) is 0.560. The van der Waals surface area contributed by atoms with Gasteiger partial charge in [0.15, 0.2) is 0 Å². The summed E-state index contributed by atoms with van der Waals surface area (Å²) in [6, 6.07) is 10.3. The van der Waals surface area contributed by atoms with Gasteiger partial charge in [0, 0.05) is 24.1 Å². The number of nitrogens with one attached hydrogen (secondary N) is 1. The van der Waals surface area contributed by atoms with Crippen molar-refractivity contribution < 1.29 is 19.1 Å². The molecule has 0 spiro atoms. The number of methoxy groups -OCH3 is 2. The van der Waals surface area contributed by atoms with Gasteiger partial charge >= 0.3 is 0 Å². The molecule has 2 aromatic carbocycles. The second-order valence-electron chi connectivity index (χ2n) is 6.71. The van der Waals surface area contributed by atoms with Gasteiger partial charge < -0.3 is 19.7 Å². The van der Waals surface area contributed by atoms with E-state index in [2.05, 4.69) is 5.32 Å². The molecule has 0 heterocycles. The minimum Gasteiger partial charge on any atom is -0.497 e. The maximum Gasteiger partial charge on any atom is 0.244 e. The predicted molar refractivity (Wildman–Crippen MR) is 120 cm³/mol. The number of carbonyl (C=O) groups excluding carboxylic acids is 2. The maximum absolute atomic E-state index is 12.8. The summed E-state index contributed by atoms with van der Waals surface area (Å²) < 4.78 is 10.5. The molecule has 0 saturated heterocycles. The van der Waals surface area contributed by atoms with E-state index >= 15 is 0 Å². The summed E-state index contributed by atoms with van der Waals surface area (Å²) in [4.78, 5) is 26.8. The summed E-state index contributed by atoms with van der Waals surface area (Å²) in [7, 11) is 3.16. The van der Waals surface area contributed by atoms with Gasteiger partial charge in [0.05, 0.1) is 31.5 Å². The Morgan fingerprint density at radius 1 is 1.03 bits per heavy atom. The van der Waals surface area contributed by atoms with Crippen LogP contribution in [0.5, 0.6) is 11.5 Å². The SMILES string of the molecule is CCCN(CC(=O)Nc1ccc(Cl)cc1Cl)C(=O)CCc1cc(OC)cc(OC)c1. The largest absolute Gasteiger partial charge is 0.497 e. The molecule has 0 bridgehead atoms. The van der Waals surface area contributed by atoms with Crippen molar-refractivity contribution in [3.63, 3.8) is 0 Å². The zero-order valence-electron chi connectivity index (χ0n) is 17.3. The van der Waals surface area contributed by atoms with Crippen LogP contribution < -0.4 is 14.8 Å². The number of carbonyl (C=O) groups is 2. The number of hydrogen-bond acceptors (Lipinski definition) is 4. The second kappa shape index (κ2) is 11.7. The molecule has 1 N–H and O–H groups in total. The Bertz CT molecular complexity index is 867. The number of nitrogens with zero attached hydrogens (tertiary/aromatic N) is 1. The first kappa shape index (κ1) is 23.8. The smallest absolute Gasteiger partial charge is 0.244 e. The highest BCUT2D eigenvalue weighted by atomic mass is 35.5. The van der Waals surface area contributed by atoms with Crippen LogP contribution in [0.3, 0.4) is 0 Å². The lowest BCUT2D eigenvalue weighted by Crippen LogP contribution is -2.38. The van der Waals surface area contributed by atoms with Crippen molar-refractivity contribution in [3.8, 4) is 11.5 Å². The molecule has 0 aromatic heterocycles. The highest BCUT2D eigenvalue weighted by Gasteiger charge is 2.17. The number of aryl methyl sites for hydroxylation is 1. The van der Waals surface area contributed by atoms with E-state index in [1.807, 2.05) is 19.1 Å². The predicted octanol–water partition coefficient (Wildman–Crippen LogP) is 4.82. The van der Waals surface area contributed by atoms with Crippen molar-refractivity contribution in [2.45, 2.75) is 26.2 Å². The van der Waals surface area contributed by atoms with Crippen LogP contribution in [0.4, 0.5) is 5.69 Å². The first-order valence-corrected chi connectivity index (χ1v) is 10.4. The van der Waals surface area contributed by atoms with Crippen molar-refractivity contribution in [1.29, 1.82) is 0 Å². The zero-order chi connectivity index (χ0) is 22.1. The van der Waals surface area contributed by atoms with Crippen molar-refractivity contribution >= 4 is 40.7 Å². The topological polar surface area (TPSA) is 67.9 Å². The number of benzene rings is 2. The van der Waals surface area contributed by atoms with E-state index in [0.717, 1.165) is 12.0 Å². The molecule has 0 radical (unpaired) electrons. The lowest BCUT2D eigenvalue weighted by atomic mass is 10.1. The van der Waals surface area contributed by atoms with Crippen LogP contribution in [0.25, 0.3) is 0 Å². The minimum atomic E-state index is -0.316. The van der Waals surface area contributed by atoms with Gasteiger partial charge in [0.2, 0.25) is 11.8 Å². The lowest BCUT2D eigenvalue weighted by molar-refractivity contribution is -0.134. The third-order valence-electron chi connectivity index (χ3n) is 4.42. The molecule has 0 aliphatic carbocycles. The van der Waals surface area contributed by atoms with Gasteiger partial charge in [-0.2, -0.15) is 0 Å². The summed E-state index contributed by atoms with van der Waals surface area (Å²) in [5.41, 5.74) is 1.38. The Morgan fingerprint density at radius 2 is 1.70 bits per heavy atom. The average molecular weight is 453 g/mol. The van der Waals surface area contributed by atoms with Gasteiger partial charge in [-0.15, -0.1) is 0 Å². The van der Waals surface area contributed by atoms with Crippen LogP contribution in [0.2, 0.25) is 10.0 Å². The van der Waals surface area contributed by atoms with Gasteiger partial charge in [-0.05, 0) is 48.7 Å².